The van der Waals surface area contributed by atoms with Gasteiger partial charge in [0.05, 0.1) is 23.7 Å². The van der Waals surface area contributed by atoms with Crippen LogP contribution in [0.5, 0.6) is 5.75 Å². The van der Waals surface area contributed by atoms with Crippen molar-refractivity contribution in [2.45, 2.75) is 57.5 Å². The Kier molecular flexibility index (Phi) is 6.79. The van der Waals surface area contributed by atoms with E-state index in [1.165, 1.54) is 11.0 Å². The Balaban J connectivity index is 1.57. The normalized spacial score (nSPS) is 20.9. The van der Waals surface area contributed by atoms with Gasteiger partial charge in [-0.2, -0.15) is 0 Å². The number of rotatable bonds is 4. The highest BCUT2D eigenvalue weighted by Gasteiger charge is 2.49. The second kappa shape index (κ2) is 9.67. The van der Waals surface area contributed by atoms with E-state index in [2.05, 4.69) is 5.32 Å². The number of benzene rings is 2. The minimum atomic E-state index is -1.31. The highest BCUT2D eigenvalue weighted by atomic mass is 19.1. The average Bonchev–Trinajstić information content (AvgIpc) is 3.19. The summed E-state index contributed by atoms with van der Waals surface area (Å²) in [5, 5.41) is 12.1. The van der Waals surface area contributed by atoms with Crippen molar-refractivity contribution in [1.82, 2.24) is 10.2 Å². The highest BCUT2D eigenvalue weighted by Crippen LogP contribution is 2.45. The van der Waals surface area contributed by atoms with Gasteiger partial charge in [0.2, 0.25) is 0 Å². The lowest BCUT2D eigenvalue weighted by molar-refractivity contribution is 0.0118. The van der Waals surface area contributed by atoms with Gasteiger partial charge in [0.15, 0.2) is 0 Å². The number of fused-ring (bicyclic) bond motifs is 1. The molecule has 36 heavy (non-hydrogen) atoms. The first-order valence-corrected chi connectivity index (χ1v) is 11.7. The number of alkyl carbamates (subject to hydrolysis) is 1. The Morgan fingerprint density at radius 3 is 2.61 bits per heavy atom. The summed E-state index contributed by atoms with van der Waals surface area (Å²) in [5.41, 5.74) is -1.10. The standard InChI is InChI=1S/C26H29FN2O7/c1-25(2,3)36-24(33)29-10-9-26(15-29)13-19(28-23(32)34-14-16-7-5-4-6-8-16)21-18(27)11-17(22(30)31)12-20(21)35-26/h4-8,11-12,19H,9-10,13-15H2,1-3H3,(H,28,32)(H,30,31). The molecule has 2 aromatic rings. The van der Waals surface area contributed by atoms with E-state index in [1.807, 2.05) is 30.3 Å². The van der Waals surface area contributed by atoms with Crippen LogP contribution in [0.2, 0.25) is 0 Å². The van der Waals surface area contributed by atoms with Crippen LogP contribution in [-0.4, -0.2) is 52.5 Å². The summed E-state index contributed by atoms with van der Waals surface area (Å²) in [6, 6.07) is 10.4. The van der Waals surface area contributed by atoms with Gasteiger partial charge >= 0.3 is 18.2 Å². The molecular formula is C26H29FN2O7. The fourth-order valence-corrected chi connectivity index (χ4v) is 4.49. The Labute approximate surface area is 208 Å². The molecule has 192 valence electrons. The maximum Gasteiger partial charge on any atom is 0.410 e. The molecule has 2 aliphatic rings. The molecule has 9 nitrogen and oxygen atoms in total. The summed E-state index contributed by atoms with van der Waals surface area (Å²) in [6.45, 7) is 5.79. The molecule has 2 unspecified atom stereocenters. The zero-order valence-corrected chi connectivity index (χ0v) is 20.4. The smallest absolute Gasteiger partial charge is 0.410 e. The Bertz CT molecular complexity index is 1160. The zero-order valence-electron chi connectivity index (χ0n) is 20.4. The van der Waals surface area contributed by atoms with Crippen molar-refractivity contribution in [2.75, 3.05) is 13.1 Å². The van der Waals surface area contributed by atoms with Gasteiger partial charge in [-0.1, -0.05) is 30.3 Å². The van der Waals surface area contributed by atoms with Crippen LogP contribution in [0.4, 0.5) is 14.0 Å². The predicted molar refractivity (Wildman–Crippen MR) is 126 cm³/mol. The highest BCUT2D eigenvalue weighted by molar-refractivity contribution is 5.88. The molecule has 0 aliphatic carbocycles. The Hall–Kier alpha value is -3.82. The first-order valence-electron chi connectivity index (χ1n) is 11.7. The quantitative estimate of drug-likeness (QED) is 0.628. The van der Waals surface area contributed by atoms with Crippen molar-refractivity contribution in [3.63, 3.8) is 0 Å². The second-order valence-corrected chi connectivity index (χ2v) is 10.1. The van der Waals surface area contributed by atoms with Crippen molar-refractivity contribution in [2.24, 2.45) is 0 Å². The number of ether oxygens (including phenoxy) is 3. The molecule has 2 amide bonds. The van der Waals surface area contributed by atoms with E-state index in [0.29, 0.717) is 13.0 Å². The number of nitrogens with zero attached hydrogens (tertiary/aromatic N) is 1. The maximum absolute atomic E-state index is 15.1. The first-order chi connectivity index (χ1) is 16.9. The molecule has 0 saturated carbocycles. The van der Waals surface area contributed by atoms with Gasteiger partial charge < -0.3 is 29.5 Å². The molecule has 0 radical (unpaired) electrons. The van der Waals surface area contributed by atoms with Crippen LogP contribution in [0.3, 0.4) is 0 Å². The van der Waals surface area contributed by atoms with Gasteiger partial charge in [0.1, 0.15) is 29.4 Å². The molecule has 1 spiro atoms. The minimum absolute atomic E-state index is 0.0121. The van der Waals surface area contributed by atoms with E-state index < -0.39 is 41.2 Å². The summed E-state index contributed by atoms with van der Waals surface area (Å²) in [6.07, 6.45) is -0.716. The average molecular weight is 501 g/mol. The lowest BCUT2D eigenvalue weighted by Gasteiger charge is -2.40. The lowest BCUT2D eigenvalue weighted by atomic mass is 9.85. The van der Waals surface area contributed by atoms with E-state index in [1.54, 1.807) is 20.8 Å². The lowest BCUT2D eigenvalue weighted by Crippen LogP contribution is -2.48. The van der Waals surface area contributed by atoms with E-state index in [9.17, 15) is 19.5 Å². The summed E-state index contributed by atoms with van der Waals surface area (Å²) in [7, 11) is 0. The van der Waals surface area contributed by atoms with Gasteiger partial charge in [0.25, 0.3) is 0 Å². The van der Waals surface area contributed by atoms with Gasteiger partial charge in [0, 0.05) is 19.4 Å². The molecular weight excluding hydrogens is 471 g/mol. The largest absolute Gasteiger partial charge is 0.485 e. The van der Waals surface area contributed by atoms with Crippen LogP contribution < -0.4 is 10.1 Å². The Morgan fingerprint density at radius 1 is 1.22 bits per heavy atom. The fraction of sp³-hybridized carbons (Fsp3) is 0.423. The third-order valence-electron chi connectivity index (χ3n) is 6.06. The fourth-order valence-electron chi connectivity index (χ4n) is 4.49. The number of carboxylic acid groups (broad SMARTS) is 1. The van der Waals surface area contributed by atoms with Crippen LogP contribution in [0, 0.1) is 5.82 Å². The molecule has 2 atom stereocenters. The van der Waals surface area contributed by atoms with Gasteiger partial charge in [-0.05, 0) is 38.5 Å². The van der Waals surface area contributed by atoms with Gasteiger partial charge in [-0.25, -0.2) is 18.8 Å². The van der Waals surface area contributed by atoms with Crippen molar-refractivity contribution in [3.05, 3.63) is 65.0 Å². The number of aromatic carboxylic acids is 1. The molecule has 0 aromatic heterocycles. The molecule has 2 aromatic carbocycles. The van der Waals surface area contributed by atoms with Crippen LogP contribution >= 0.6 is 0 Å². The number of amides is 2. The van der Waals surface area contributed by atoms with Crippen molar-refractivity contribution < 1.29 is 38.1 Å². The van der Waals surface area contributed by atoms with E-state index in [-0.39, 0.29) is 36.4 Å². The van der Waals surface area contributed by atoms with Gasteiger partial charge in [-0.3, -0.25) is 0 Å². The summed E-state index contributed by atoms with van der Waals surface area (Å²) in [5.74, 6) is -2.11. The number of carbonyl (C=O) groups excluding carboxylic acids is 2. The molecule has 2 aliphatic heterocycles. The number of carbonyl (C=O) groups is 3. The topological polar surface area (TPSA) is 114 Å². The second-order valence-electron chi connectivity index (χ2n) is 10.1. The Morgan fingerprint density at radius 2 is 1.94 bits per heavy atom. The molecule has 4 rings (SSSR count). The predicted octanol–water partition coefficient (Wildman–Crippen LogP) is 4.65. The number of hydrogen-bond donors (Lipinski definition) is 2. The van der Waals surface area contributed by atoms with E-state index in [0.717, 1.165) is 11.6 Å². The maximum atomic E-state index is 15.1. The number of carboxylic acids is 1. The van der Waals surface area contributed by atoms with Crippen LogP contribution in [0.15, 0.2) is 42.5 Å². The third kappa shape index (κ3) is 5.69. The van der Waals surface area contributed by atoms with Crippen LogP contribution in [0.1, 0.15) is 61.1 Å². The van der Waals surface area contributed by atoms with Crippen LogP contribution in [-0.2, 0) is 16.1 Å². The number of nitrogens with one attached hydrogen (secondary N) is 1. The number of hydrogen-bond acceptors (Lipinski definition) is 6. The van der Waals surface area contributed by atoms with Crippen molar-refractivity contribution in [1.29, 1.82) is 0 Å². The van der Waals surface area contributed by atoms with Crippen molar-refractivity contribution in [3.8, 4) is 5.75 Å². The van der Waals surface area contributed by atoms with Crippen molar-refractivity contribution >= 4 is 18.2 Å². The summed E-state index contributed by atoms with van der Waals surface area (Å²) >= 11 is 0. The summed E-state index contributed by atoms with van der Waals surface area (Å²) in [4.78, 5) is 38.3. The third-order valence-corrected chi connectivity index (χ3v) is 6.06. The number of halogens is 1. The molecule has 2 heterocycles. The molecule has 10 heteroatoms. The SMILES string of the molecule is CC(C)(C)OC(=O)N1CCC2(CC(NC(=O)OCc3ccccc3)c3c(F)cc(C(=O)O)cc3O2)C1. The minimum Gasteiger partial charge on any atom is -0.485 e. The molecule has 0 bridgehead atoms. The van der Waals surface area contributed by atoms with E-state index in [4.69, 9.17) is 14.2 Å². The van der Waals surface area contributed by atoms with Gasteiger partial charge in [-0.15, -0.1) is 0 Å². The first kappa shape index (κ1) is 25.3. The molecule has 1 fully saturated rings. The molecule has 1 saturated heterocycles. The zero-order chi connectivity index (χ0) is 26.1. The summed E-state index contributed by atoms with van der Waals surface area (Å²) < 4.78 is 32.0. The van der Waals surface area contributed by atoms with Crippen LogP contribution in [0.25, 0.3) is 0 Å². The number of likely N-dealkylation sites (tertiary alicyclic amines) is 1. The van der Waals surface area contributed by atoms with E-state index >= 15 is 4.39 Å². The molecule has 2 N–H and O–H groups in total. The monoisotopic (exact) mass is 500 g/mol.